The van der Waals surface area contributed by atoms with Crippen molar-refractivity contribution < 1.29 is 28.8 Å². The first-order chi connectivity index (χ1) is 22.3. The van der Waals surface area contributed by atoms with Gasteiger partial charge in [0, 0.05) is 26.6 Å². The molecule has 2 aliphatic carbocycles. The van der Waals surface area contributed by atoms with Crippen molar-refractivity contribution in [2.75, 3.05) is 27.2 Å². The van der Waals surface area contributed by atoms with Gasteiger partial charge in [0.1, 0.15) is 12.1 Å². The molecule has 3 fully saturated rings. The van der Waals surface area contributed by atoms with E-state index in [0.717, 1.165) is 25.7 Å². The highest BCUT2D eigenvalue weighted by Crippen LogP contribution is 2.65. The summed E-state index contributed by atoms with van der Waals surface area (Å²) >= 11 is 0. The second-order valence-electron chi connectivity index (χ2n) is 14.2. The van der Waals surface area contributed by atoms with E-state index in [4.69, 9.17) is 0 Å². The van der Waals surface area contributed by atoms with Crippen molar-refractivity contribution in [1.29, 1.82) is 0 Å². The van der Waals surface area contributed by atoms with Crippen molar-refractivity contribution in [2.24, 2.45) is 29.1 Å². The molecule has 11 heteroatoms. The molecule has 11 nitrogen and oxygen atoms in total. The topological polar surface area (TPSA) is 145 Å². The third-order valence-corrected chi connectivity index (χ3v) is 10.6. The van der Waals surface area contributed by atoms with Gasteiger partial charge in [0.2, 0.25) is 29.4 Å². The number of likely N-dealkylation sites (N-methyl/N-ethyl adjacent to an activating group) is 1. The summed E-state index contributed by atoms with van der Waals surface area (Å²) in [6.07, 6.45) is 7.54. The summed E-state index contributed by atoms with van der Waals surface area (Å²) in [5, 5.41) is 7.78. The van der Waals surface area contributed by atoms with E-state index in [1.54, 1.807) is 55.4 Å². The van der Waals surface area contributed by atoms with E-state index in [2.05, 4.69) is 36.4 Å². The number of nitrogens with zero attached hydrogens (tertiary/aromatic N) is 2. The van der Waals surface area contributed by atoms with Crippen molar-refractivity contribution in [3.63, 3.8) is 0 Å². The standard InChI is InChI=1S/C36H51N5O6/c1-7-8-19-26(31(43)33(45)37-20-27(42)39-29(35(47)40(5)6)24-17-13-10-14-18-24)38-32(44)30-28-25(36(28,3)4)21-41(30)34(46)22(2)23-15-11-9-12-16-23/h7,10,13-14,17-18,22-23,25-26,28-30H,1,8-9,11-12,15-16,19-21H2,2-6H3,(H,37,45)(H,38,44)(H,39,42)/t22-,25-,26?,28-,29-,30-/m0/s1. The van der Waals surface area contributed by atoms with Crippen LogP contribution in [0.2, 0.25) is 0 Å². The molecule has 1 aliphatic heterocycles. The minimum Gasteiger partial charge on any atom is -0.347 e. The number of piperidine rings is 1. The van der Waals surface area contributed by atoms with Crippen LogP contribution in [-0.4, -0.2) is 84.4 Å². The second-order valence-corrected chi connectivity index (χ2v) is 14.2. The molecule has 0 aromatic heterocycles. The zero-order chi connectivity index (χ0) is 34.5. The van der Waals surface area contributed by atoms with E-state index in [0.29, 0.717) is 24.4 Å². The summed E-state index contributed by atoms with van der Waals surface area (Å²) in [6.45, 7) is 9.84. The van der Waals surface area contributed by atoms with Crippen LogP contribution >= 0.6 is 0 Å². The fraction of sp³-hybridized carbons (Fsp3) is 0.611. The van der Waals surface area contributed by atoms with E-state index in [1.165, 1.54) is 11.3 Å². The van der Waals surface area contributed by atoms with E-state index in [1.807, 2.05) is 6.92 Å². The molecule has 1 heterocycles. The molecule has 0 bridgehead atoms. The number of allylic oxidation sites excluding steroid dienone is 1. The van der Waals surface area contributed by atoms with Crippen LogP contribution in [-0.2, 0) is 28.8 Å². The summed E-state index contributed by atoms with van der Waals surface area (Å²) < 4.78 is 0. The van der Waals surface area contributed by atoms with Crippen molar-refractivity contribution >= 4 is 35.3 Å². The van der Waals surface area contributed by atoms with Crippen LogP contribution in [0.4, 0.5) is 0 Å². The Hall–Kier alpha value is -4.02. The Balaban J connectivity index is 1.41. The van der Waals surface area contributed by atoms with Crippen LogP contribution in [0.25, 0.3) is 0 Å². The van der Waals surface area contributed by atoms with Crippen LogP contribution < -0.4 is 16.0 Å². The average Bonchev–Trinajstić information content (AvgIpc) is 3.37. The molecule has 47 heavy (non-hydrogen) atoms. The Bertz CT molecular complexity index is 1350. The van der Waals surface area contributed by atoms with Crippen molar-refractivity contribution in [2.45, 2.75) is 83.8 Å². The number of benzene rings is 1. The molecule has 0 spiro atoms. The lowest BCUT2D eigenvalue weighted by Crippen LogP contribution is -2.56. The van der Waals surface area contributed by atoms with Gasteiger partial charge < -0.3 is 25.8 Å². The molecule has 3 aliphatic rings. The van der Waals surface area contributed by atoms with Gasteiger partial charge in [-0.3, -0.25) is 28.8 Å². The number of amides is 5. The predicted octanol–water partition coefficient (Wildman–Crippen LogP) is 2.77. The number of nitrogens with one attached hydrogen (secondary N) is 3. The highest BCUT2D eigenvalue weighted by Gasteiger charge is 2.69. The Labute approximate surface area is 278 Å². The highest BCUT2D eigenvalue weighted by atomic mass is 16.2. The smallest absolute Gasteiger partial charge is 0.290 e. The first-order valence-electron chi connectivity index (χ1n) is 16.9. The molecule has 1 aromatic carbocycles. The zero-order valence-corrected chi connectivity index (χ0v) is 28.4. The number of hydrogen-bond acceptors (Lipinski definition) is 6. The largest absolute Gasteiger partial charge is 0.347 e. The van der Waals surface area contributed by atoms with Crippen LogP contribution in [0, 0.1) is 29.1 Å². The molecule has 0 radical (unpaired) electrons. The third kappa shape index (κ3) is 8.11. The maximum Gasteiger partial charge on any atom is 0.290 e. The molecular weight excluding hydrogens is 598 g/mol. The Morgan fingerprint density at radius 3 is 2.30 bits per heavy atom. The van der Waals surface area contributed by atoms with Crippen molar-refractivity contribution in [3.05, 3.63) is 48.6 Å². The van der Waals surface area contributed by atoms with Crippen LogP contribution in [0.5, 0.6) is 0 Å². The average molecular weight is 650 g/mol. The first-order valence-corrected chi connectivity index (χ1v) is 16.9. The Morgan fingerprint density at radius 2 is 1.68 bits per heavy atom. The van der Waals surface area contributed by atoms with Crippen molar-refractivity contribution in [3.8, 4) is 0 Å². The van der Waals surface area contributed by atoms with Crippen LogP contribution in [0.15, 0.2) is 43.0 Å². The van der Waals surface area contributed by atoms with Gasteiger partial charge in [-0.25, -0.2) is 0 Å². The van der Waals surface area contributed by atoms with Gasteiger partial charge in [-0.15, -0.1) is 6.58 Å². The lowest BCUT2D eigenvalue weighted by Gasteiger charge is -2.35. The molecule has 1 aromatic rings. The van der Waals surface area contributed by atoms with Gasteiger partial charge >= 0.3 is 0 Å². The van der Waals surface area contributed by atoms with Crippen molar-refractivity contribution in [1.82, 2.24) is 25.8 Å². The molecule has 256 valence electrons. The molecular formula is C36H51N5O6. The quantitative estimate of drug-likeness (QED) is 0.209. The maximum absolute atomic E-state index is 13.9. The number of carbonyl (C=O) groups is 6. The molecule has 3 N–H and O–H groups in total. The molecule has 2 saturated carbocycles. The Morgan fingerprint density at radius 1 is 1.02 bits per heavy atom. The van der Waals surface area contributed by atoms with Gasteiger partial charge in [-0.2, -0.15) is 0 Å². The molecule has 4 rings (SSSR count). The molecule has 6 atom stereocenters. The van der Waals surface area contributed by atoms with E-state index in [-0.39, 0.29) is 41.4 Å². The number of rotatable bonds is 14. The number of fused-ring (bicyclic) bond motifs is 1. The third-order valence-electron chi connectivity index (χ3n) is 10.6. The lowest BCUT2D eigenvalue weighted by atomic mass is 9.80. The summed E-state index contributed by atoms with van der Waals surface area (Å²) in [7, 11) is 3.15. The second kappa shape index (κ2) is 15.3. The summed E-state index contributed by atoms with van der Waals surface area (Å²) in [6, 6.07) is 5.86. The summed E-state index contributed by atoms with van der Waals surface area (Å²) in [5.74, 6) is -3.09. The number of likely N-dealkylation sites (tertiary alicyclic amines) is 1. The Kier molecular flexibility index (Phi) is 11.6. The van der Waals surface area contributed by atoms with Crippen LogP contribution in [0.3, 0.4) is 0 Å². The zero-order valence-electron chi connectivity index (χ0n) is 28.4. The van der Waals surface area contributed by atoms with Gasteiger partial charge in [0.05, 0.1) is 12.6 Å². The minimum absolute atomic E-state index is 0.0145. The molecule has 5 amide bonds. The summed E-state index contributed by atoms with van der Waals surface area (Å²) in [4.78, 5) is 82.7. The fourth-order valence-corrected chi connectivity index (χ4v) is 7.53. The van der Waals surface area contributed by atoms with E-state index < -0.39 is 48.2 Å². The lowest BCUT2D eigenvalue weighted by molar-refractivity contribution is -0.146. The van der Waals surface area contributed by atoms with Gasteiger partial charge in [0.25, 0.3) is 5.91 Å². The summed E-state index contributed by atoms with van der Waals surface area (Å²) in [5.41, 5.74) is 0.465. The molecule has 1 unspecified atom stereocenters. The van der Waals surface area contributed by atoms with Crippen LogP contribution in [0.1, 0.15) is 77.3 Å². The number of ketones is 1. The van der Waals surface area contributed by atoms with Gasteiger partial charge in [-0.05, 0) is 54.4 Å². The minimum atomic E-state index is -1.16. The van der Waals surface area contributed by atoms with E-state index >= 15 is 0 Å². The SMILES string of the molecule is C=CCCC(NC(=O)[C@@H]1[C@@H]2[C@H](CN1C(=O)[C@@H](C)C1CCCCC1)C2(C)C)C(=O)C(=O)NCC(=O)N[C@H](C(=O)N(C)C)c1ccccc1. The molecule has 1 saturated heterocycles. The predicted molar refractivity (Wildman–Crippen MR) is 177 cm³/mol. The number of Topliss-reactive ketones (excluding diaryl/α,β-unsaturated/α-hetero) is 1. The normalized spacial score (nSPS) is 23.3. The highest BCUT2D eigenvalue weighted by molar-refractivity contribution is 6.38. The maximum atomic E-state index is 13.9. The van der Waals surface area contributed by atoms with E-state index in [9.17, 15) is 28.8 Å². The van der Waals surface area contributed by atoms with Gasteiger partial charge in [0.15, 0.2) is 0 Å². The fourth-order valence-electron chi connectivity index (χ4n) is 7.53. The number of hydrogen-bond donors (Lipinski definition) is 3. The number of carbonyl (C=O) groups excluding carboxylic acids is 6. The first kappa shape index (κ1) is 35.8. The monoisotopic (exact) mass is 649 g/mol. The van der Waals surface area contributed by atoms with Gasteiger partial charge in [-0.1, -0.05) is 76.4 Å².